The molecule has 0 unspecified atom stereocenters. The highest BCUT2D eigenvalue weighted by Crippen LogP contribution is 2.21. The zero-order valence-corrected chi connectivity index (χ0v) is 11.4. The van der Waals surface area contributed by atoms with E-state index in [-0.39, 0.29) is 0 Å². The van der Waals surface area contributed by atoms with Crippen molar-refractivity contribution >= 4 is 27.7 Å². The number of H-pyrrole nitrogens is 1. The highest BCUT2D eigenvalue weighted by molar-refractivity contribution is 5.95. The van der Waals surface area contributed by atoms with Crippen molar-refractivity contribution in [3.05, 3.63) is 50.9 Å². The van der Waals surface area contributed by atoms with Gasteiger partial charge in [-0.25, -0.2) is 14.8 Å². The van der Waals surface area contributed by atoms with E-state index in [9.17, 15) is 9.59 Å². The molecule has 0 spiro atoms. The van der Waals surface area contributed by atoms with Crippen molar-refractivity contribution in [2.45, 2.75) is 6.92 Å². The minimum Gasteiger partial charge on any atom is -0.279 e. The second-order valence-electron chi connectivity index (χ2n) is 4.94. The summed E-state index contributed by atoms with van der Waals surface area (Å²) in [7, 11) is 1.58. The first-order chi connectivity index (χ1) is 10.1. The monoisotopic (exact) mass is 281 g/mol. The fourth-order valence-corrected chi connectivity index (χ4v) is 2.66. The van der Waals surface area contributed by atoms with E-state index >= 15 is 0 Å². The molecular formula is C14H11N5O2. The topological polar surface area (TPSA) is 85.1 Å². The first kappa shape index (κ1) is 11.8. The molecule has 0 aliphatic heterocycles. The number of aromatic amines is 1. The molecule has 0 fully saturated rings. The average molecular weight is 281 g/mol. The van der Waals surface area contributed by atoms with Crippen LogP contribution in [0.4, 0.5) is 0 Å². The van der Waals surface area contributed by atoms with E-state index in [2.05, 4.69) is 15.0 Å². The first-order valence-corrected chi connectivity index (χ1v) is 6.45. The number of hydrogen-bond donors (Lipinski definition) is 1. The van der Waals surface area contributed by atoms with E-state index in [0.29, 0.717) is 22.6 Å². The molecule has 0 atom stereocenters. The Morgan fingerprint density at radius 1 is 1.10 bits per heavy atom. The van der Waals surface area contributed by atoms with E-state index in [0.717, 1.165) is 10.9 Å². The average Bonchev–Trinajstić information content (AvgIpc) is 2.87. The maximum Gasteiger partial charge on any atom is 0.329 e. The number of aromatic nitrogens is 5. The number of hydrogen-bond acceptors (Lipinski definition) is 4. The van der Waals surface area contributed by atoms with Crippen LogP contribution < -0.4 is 11.2 Å². The number of rotatable bonds is 0. The van der Waals surface area contributed by atoms with Gasteiger partial charge in [-0.05, 0) is 19.1 Å². The van der Waals surface area contributed by atoms with E-state index in [1.807, 2.05) is 31.2 Å². The predicted octanol–water partition coefficient (Wildman–Crippen LogP) is 0.731. The van der Waals surface area contributed by atoms with Gasteiger partial charge in [0.1, 0.15) is 5.82 Å². The zero-order chi connectivity index (χ0) is 14.7. The summed E-state index contributed by atoms with van der Waals surface area (Å²) in [6.45, 7) is 1.81. The summed E-state index contributed by atoms with van der Waals surface area (Å²) in [4.78, 5) is 35.2. The lowest BCUT2D eigenvalue weighted by molar-refractivity contribution is 0.831. The third kappa shape index (κ3) is 1.42. The molecule has 0 saturated heterocycles. The van der Waals surface area contributed by atoms with Crippen molar-refractivity contribution < 1.29 is 0 Å². The smallest absolute Gasteiger partial charge is 0.279 e. The van der Waals surface area contributed by atoms with E-state index in [1.165, 1.54) is 4.57 Å². The van der Waals surface area contributed by atoms with Crippen molar-refractivity contribution in [2.24, 2.45) is 7.05 Å². The van der Waals surface area contributed by atoms with Gasteiger partial charge in [0.05, 0.1) is 5.52 Å². The lowest BCUT2D eigenvalue weighted by Gasteiger charge is -2.03. The molecule has 1 aromatic carbocycles. The molecule has 7 heteroatoms. The van der Waals surface area contributed by atoms with Crippen LogP contribution in [0.25, 0.3) is 27.7 Å². The van der Waals surface area contributed by atoms with Crippen molar-refractivity contribution in [1.29, 1.82) is 0 Å². The van der Waals surface area contributed by atoms with Crippen LogP contribution in [0.3, 0.4) is 0 Å². The van der Waals surface area contributed by atoms with Gasteiger partial charge in [0.2, 0.25) is 0 Å². The Labute approximate surface area is 117 Å². The summed E-state index contributed by atoms with van der Waals surface area (Å²) in [5.74, 6) is 0.648. The minimum atomic E-state index is -0.481. The molecular weight excluding hydrogens is 270 g/mol. The molecule has 21 heavy (non-hydrogen) atoms. The van der Waals surface area contributed by atoms with Gasteiger partial charge in [-0.2, -0.15) is 0 Å². The van der Waals surface area contributed by atoms with Crippen molar-refractivity contribution in [3.8, 4) is 0 Å². The largest absolute Gasteiger partial charge is 0.329 e. The van der Waals surface area contributed by atoms with Crippen LogP contribution in [0.1, 0.15) is 5.82 Å². The molecule has 0 bridgehead atoms. The van der Waals surface area contributed by atoms with Gasteiger partial charge >= 0.3 is 5.69 Å². The highest BCUT2D eigenvalue weighted by atomic mass is 16.2. The quantitative estimate of drug-likeness (QED) is 0.515. The molecule has 0 aliphatic rings. The number of fused-ring (bicyclic) bond motifs is 5. The lowest BCUT2D eigenvalue weighted by Crippen LogP contribution is -2.28. The van der Waals surface area contributed by atoms with Crippen LogP contribution in [0, 0.1) is 6.92 Å². The summed E-state index contributed by atoms with van der Waals surface area (Å²) < 4.78 is 3.02. The molecule has 0 aliphatic carbocycles. The molecule has 4 rings (SSSR count). The molecule has 104 valence electrons. The predicted molar refractivity (Wildman–Crippen MR) is 78.6 cm³/mol. The number of benzene rings is 1. The first-order valence-electron chi connectivity index (χ1n) is 6.45. The Hall–Kier alpha value is -2.96. The van der Waals surface area contributed by atoms with Crippen molar-refractivity contribution in [3.63, 3.8) is 0 Å². The molecule has 3 aromatic heterocycles. The third-order valence-electron chi connectivity index (χ3n) is 3.67. The number of para-hydroxylation sites is 1. The fraction of sp³-hybridized carbons (Fsp3) is 0.143. The normalized spacial score (nSPS) is 11.7. The Balaban J connectivity index is 2.44. The summed E-state index contributed by atoms with van der Waals surface area (Å²) >= 11 is 0. The van der Waals surface area contributed by atoms with Crippen molar-refractivity contribution in [1.82, 2.24) is 23.9 Å². The SMILES string of the molecule is Cc1nc2ccccc2c2nc3c(c(=O)[nH]c(=O)n3C)n12. The van der Waals surface area contributed by atoms with Gasteiger partial charge in [-0.1, -0.05) is 12.1 Å². The molecule has 0 amide bonds. The Kier molecular flexibility index (Phi) is 2.13. The Morgan fingerprint density at radius 3 is 2.67 bits per heavy atom. The van der Waals surface area contributed by atoms with Crippen LogP contribution in [0.5, 0.6) is 0 Å². The van der Waals surface area contributed by atoms with Gasteiger partial charge in [0.15, 0.2) is 16.8 Å². The minimum absolute atomic E-state index is 0.336. The highest BCUT2D eigenvalue weighted by Gasteiger charge is 2.16. The van der Waals surface area contributed by atoms with E-state index < -0.39 is 11.2 Å². The van der Waals surface area contributed by atoms with Gasteiger partial charge in [-0.3, -0.25) is 18.7 Å². The van der Waals surface area contributed by atoms with Gasteiger partial charge < -0.3 is 0 Å². The molecule has 0 saturated carbocycles. The van der Waals surface area contributed by atoms with Crippen LogP contribution in [-0.4, -0.2) is 23.9 Å². The molecule has 4 aromatic rings. The van der Waals surface area contributed by atoms with Crippen LogP contribution >= 0.6 is 0 Å². The van der Waals surface area contributed by atoms with Crippen LogP contribution in [0.2, 0.25) is 0 Å². The summed E-state index contributed by atoms with van der Waals surface area (Å²) in [6.07, 6.45) is 0. The van der Waals surface area contributed by atoms with E-state index in [1.54, 1.807) is 11.4 Å². The maximum atomic E-state index is 12.2. The lowest BCUT2D eigenvalue weighted by atomic mass is 10.2. The van der Waals surface area contributed by atoms with Gasteiger partial charge in [0.25, 0.3) is 5.56 Å². The van der Waals surface area contributed by atoms with Gasteiger partial charge in [-0.15, -0.1) is 0 Å². The number of aryl methyl sites for hydroxylation is 2. The fourth-order valence-electron chi connectivity index (χ4n) is 2.66. The summed E-state index contributed by atoms with van der Waals surface area (Å²) in [6, 6.07) is 7.58. The number of nitrogens with zero attached hydrogens (tertiary/aromatic N) is 4. The number of nitrogens with one attached hydrogen (secondary N) is 1. The van der Waals surface area contributed by atoms with Crippen molar-refractivity contribution in [2.75, 3.05) is 0 Å². The zero-order valence-electron chi connectivity index (χ0n) is 11.4. The third-order valence-corrected chi connectivity index (χ3v) is 3.67. The Bertz CT molecular complexity index is 1150. The summed E-state index contributed by atoms with van der Waals surface area (Å²) in [5, 5.41) is 0.839. The molecule has 0 radical (unpaired) electrons. The van der Waals surface area contributed by atoms with E-state index in [4.69, 9.17) is 0 Å². The van der Waals surface area contributed by atoms with Crippen LogP contribution in [0.15, 0.2) is 33.9 Å². The molecule has 7 nitrogen and oxygen atoms in total. The summed E-state index contributed by atoms with van der Waals surface area (Å²) in [5.41, 5.74) is 1.18. The standard InChI is InChI=1S/C14H11N5O2/c1-7-15-9-6-4-3-5-8(9)11-16-12-10(19(7)11)13(20)17-14(21)18(12)2/h3-6H,1-2H3,(H,17,20,21). The second kappa shape index (κ2) is 3.78. The Morgan fingerprint density at radius 2 is 1.86 bits per heavy atom. The molecule has 1 N–H and O–H groups in total. The second-order valence-corrected chi connectivity index (χ2v) is 4.94. The maximum absolute atomic E-state index is 12.2. The van der Waals surface area contributed by atoms with Gasteiger partial charge in [0, 0.05) is 12.4 Å². The molecule has 3 heterocycles. The number of imidazole rings is 1. The van der Waals surface area contributed by atoms with Crippen LogP contribution in [-0.2, 0) is 7.05 Å².